The van der Waals surface area contributed by atoms with E-state index in [1.54, 1.807) is 22.9 Å². The van der Waals surface area contributed by atoms with Gasteiger partial charge in [0.25, 0.3) is 5.91 Å². The first-order valence-electron chi connectivity index (χ1n) is 12.4. The highest BCUT2D eigenvalue weighted by atomic mass is 16.5. The summed E-state index contributed by atoms with van der Waals surface area (Å²) < 4.78 is 7.47. The Kier molecular flexibility index (Phi) is 7.33. The number of nitrogens with zero attached hydrogens (tertiary/aromatic N) is 3. The minimum Gasteiger partial charge on any atom is -0.478 e. The zero-order valence-electron chi connectivity index (χ0n) is 21.3. The second kappa shape index (κ2) is 10.4. The van der Waals surface area contributed by atoms with Crippen LogP contribution in [0.25, 0.3) is 11.3 Å². The SMILES string of the molecule is CC(NC(=O)c1cc(-c2ccc(N3CCCCC3)cc2)n(C)n1)c1ccccc1OC(C)(C)C(=O)O. The zero-order valence-corrected chi connectivity index (χ0v) is 21.3. The van der Waals surface area contributed by atoms with Crippen LogP contribution in [0.1, 0.15) is 62.1 Å². The number of carboxylic acid groups (broad SMARTS) is 1. The highest BCUT2D eigenvalue weighted by Crippen LogP contribution is 2.29. The molecular formula is C28H34N4O4. The van der Waals surface area contributed by atoms with Gasteiger partial charge in [0.2, 0.25) is 0 Å². The first-order chi connectivity index (χ1) is 17.2. The van der Waals surface area contributed by atoms with Crippen molar-refractivity contribution in [3.05, 3.63) is 65.9 Å². The highest BCUT2D eigenvalue weighted by Gasteiger charge is 2.31. The van der Waals surface area contributed by atoms with Crippen LogP contribution in [0, 0.1) is 0 Å². The third kappa shape index (κ3) is 5.53. The van der Waals surface area contributed by atoms with Gasteiger partial charge in [-0.3, -0.25) is 9.48 Å². The number of benzene rings is 2. The Hall–Kier alpha value is -3.81. The number of aryl methyl sites for hydroxylation is 1. The van der Waals surface area contributed by atoms with Crippen LogP contribution in [0.2, 0.25) is 0 Å². The number of aromatic nitrogens is 2. The van der Waals surface area contributed by atoms with Gasteiger partial charge in [-0.2, -0.15) is 5.10 Å². The standard InChI is InChI=1S/C28H34N4O4/c1-19(22-10-6-7-11-25(22)36-28(2,3)27(34)35)29-26(33)23-18-24(31(4)30-23)20-12-14-21(15-13-20)32-16-8-5-9-17-32/h6-7,10-15,18-19H,5,8-9,16-17H2,1-4H3,(H,29,33)(H,34,35). The van der Waals surface area contributed by atoms with Crippen molar-refractivity contribution in [1.82, 2.24) is 15.1 Å². The number of hydrogen-bond donors (Lipinski definition) is 2. The molecular weight excluding hydrogens is 456 g/mol. The average Bonchev–Trinajstić information content (AvgIpc) is 3.26. The first-order valence-corrected chi connectivity index (χ1v) is 12.4. The molecule has 0 spiro atoms. The van der Waals surface area contributed by atoms with E-state index in [-0.39, 0.29) is 5.91 Å². The van der Waals surface area contributed by atoms with E-state index >= 15 is 0 Å². The lowest BCUT2D eigenvalue weighted by molar-refractivity contribution is -0.152. The number of rotatable bonds is 8. The van der Waals surface area contributed by atoms with E-state index in [0.29, 0.717) is 17.0 Å². The molecule has 0 saturated carbocycles. The van der Waals surface area contributed by atoms with Crippen molar-refractivity contribution < 1.29 is 19.4 Å². The number of aliphatic carboxylic acids is 1. The van der Waals surface area contributed by atoms with Crippen molar-refractivity contribution >= 4 is 17.6 Å². The second-order valence-electron chi connectivity index (χ2n) is 9.78. The lowest BCUT2D eigenvalue weighted by Gasteiger charge is -2.28. The van der Waals surface area contributed by atoms with Gasteiger partial charge in [0.1, 0.15) is 5.75 Å². The van der Waals surface area contributed by atoms with Gasteiger partial charge in [-0.25, -0.2) is 4.79 Å². The minimum atomic E-state index is -1.40. The smallest absolute Gasteiger partial charge is 0.347 e. The normalized spacial score (nSPS) is 14.8. The third-order valence-corrected chi connectivity index (χ3v) is 6.61. The predicted molar refractivity (Wildman–Crippen MR) is 139 cm³/mol. The lowest BCUT2D eigenvalue weighted by Crippen LogP contribution is -2.38. The number of ether oxygens (including phenoxy) is 1. The number of amides is 1. The van der Waals surface area contributed by atoms with Gasteiger partial charge in [0.15, 0.2) is 11.3 Å². The number of carbonyl (C=O) groups excluding carboxylic acids is 1. The molecule has 1 atom stereocenters. The van der Waals surface area contributed by atoms with Crippen LogP contribution in [0.4, 0.5) is 5.69 Å². The highest BCUT2D eigenvalue weighted by molar-refractivity contribution is 5.93. The van der Waals surface area contributed by atoms with Crippen LogP contribution < -0.4 is 15.0 Å². The Labute approximate surface area is 211 Å². The minimum absolute atomic E-state index is 0.309. The number of carbonyl (C=O) groups is 2. The van der Waals surface area contributed by atoms with Crippen LogP contribution in [0.15, 0.2) is 54.6 Å². The molecule has 8 nitrogen and oxygen atoms in total. The molecule has 0 bridgehead atoms. The number of anilines is 1. The van der Waals surface area contributed by atoms with Crippen LogP contribution in [-0.4, -0.2) is 45.5 Å². The first kappa shape index (κ1) is 25.3. The molecule has 2 aromatic carbocycles. The Bertz CT molecular complexity index is 1230. The second-order valence-corrected chi connectivity index (χ2v) is 9.78. The summed E-state index contributed by atoms with van der Waals surface area (Å²) in [6.45, 7) is 7.00. The number of piperidine rings is 1. The van der Waals surface area contributed by atoms with Crippen LogP contribution >= 0.6 is 0 Å². The molecule has 190 valence electrons. The van der Waals surface area contributed by atoms with Crippen molar-refractivity contribution in [3.63, 3.8) is 0 Å². The molecule has 0 aliphatic carbocycles. The third-order valence-electron chi connectivity index (χ3n) is 6.61. The lowest BCUT2D eigenvalue weighted by atomic mass is 10.1. The summed E-state index contributed by atoms with van der Waals surface area (Å²) in [6, 6.07) is 16.9. The largest absolute Gasteiger partial charge is 0.478 e. The summed E-state index contributed by atoms with van der Waals surface area (Å²) in [4.78, 5) is 27.0. The Balaban J connectivity index is 1.48. The predicted octanol–water partition coefficient (Wildman–Crippen LogP) is 4.81. The fourth-order valence-electron chi connectivity index (χ4n) is 4.44. The summed E-state index contributed by atoms with van der Waals surface area (Å²) >= 11 is 0. The summed E-state index contributed by atoms with van der Waals surface area (Å²) in [5.41, 5.74) is 2.66. The van der Waals surface area contributed by atoms with Gasteiger partial charge >= 0.3 is 5.97 Å². The summed E-state index contributed by atoms with van der Waals surface area (Å²) in [7, 11) is 1.82. The number of para-hydroxylation sites is 1. The molecule has 1 amide bonds. The summed E-state index contributed by atoms with van der Waals surface area (Å²) in [5, 5.41) is 16.8. The van der Waals surface area contributed by atoms with Gasteiger partial charge < -0.3 is 20.1 Å². The quantitative estimate of drug-likeness (QED) is 0.470. The molecule has 36 heavy (non-hydrogen) atoms. The monoisotopic (exact) mass is 490 g/mol. The molecule has 1 aliphatic heterocycles. The van der Waals surface area contributed by atoms with E-state index in [1.807, 2.05) is 26.1 Å². The van der Waals surface area contributed by atoms with Gasteiger partial charge in [0, 0.05) is 31.4 Å². The van der Waals surface area contributed by atoms with Crippen molar-refractivity contribution in [2.75, 3.05) is 18.0 Å². The number of hydrogen-bond acceptors (Lipinski definition) is 5. The molecule has 4 rings (SSSR count). The van der Waals surface area contributed by atoms with Gasteiger partial charge in [0.05, 0.1) is 11.7 Å². The van der Waals surface area contributed by atoms with Gasteiger partial charge in [-0.1, -0.05) is 30.3 Å². The van der Waals surface area contributed by atoms with Crippen molar-refractivity contribution in [2.24, 2.45) is 7.05 Å². The average molecular weight is 491 g/mol. The molecule has 1 aliphatic rings. The molecule has 1 saturated heterocycles. The van der Waals surface area contributed by atoms with Crippen molar-refractivity contribution in [1.29, 1.82) is 0 Å². The molecule has 2 heterocycles. The van der Waals surface area contributed by atoms with Crippen molar-refractivity contribution in [3.8, 4) is 17.0 Å². The molecule has 8 heteroatoms. The zero-order chi connectivity index (χ0) is 25.9. The summed E-state index contributed by atoms with van der Waals surface area (Å²) in [6.07, 6.45) is 3.76. The Morgan fingerprint density at radius 3 is 2.39 bits per heavy atom. The van der Waals surface area contributed by atoms with Crippen LogP contribution in [0.5, 0.6) is 5.75 Å². The van der Waals surface area contributed by atoms with Gasteiger partial charge in [-0.05, 0) is 69.9 Å². The number of nitrogens with one attached hydrogen (secondary N) is 1. The fraction of sp³-hybridized carbons (Fsp3) is 0.393. The van der Waals surface area contributed by atoms with Crippen molar-refractivity contribution in [2.45, 2.75) is 51.7 Å². The number of carboxylic acids is 1. The molecule has 1 fully saturated rings. The van der Waals surface area contributed by atoms with Gasteiger partial charge in [-0.15, -0.1) is 0 Å². The topological polar surface area (TPSA) is 96.7 Å². The van der Waals surface area contributed by atoms with Crippen LogP contribution in [0.3, 0.4) is 0 Å². The summed E-state index contributed by atoms with van der Waals surface area (Å²) in [5.74, 6) is -0.978. The molecule has 2 N–H and O–H groups in total. The maximum absolute atomic E-state index is 13.1. The van der Waals surface area contributed by atoms with E-state index < -0.39 is 17.6 Å². The van der Waals surface area contributed by atoms with Crippen LogP contribution in [-0.2, 0) is 11.8 Å². The van der Waals surface area contributed by atoms with E-state index in [0.717, 1.165) is 24.3 Å². The fourth-order valence-corrected chi connectivity index (χ4v) is 4.44. The maximum atomic E-state index is 13.1. The molecule has 1 aromatic heterocycles. The Morgan fingerprint density at radius 1 is 1.06 bits per heavy atom. The molecule has 1 unspecified atom stereocenters. The molecule has 0 radical (unpaired) electrons. The van der Waals surface area contributed by atoms with E-state index in [9.17, 15) is 14.7 Å². The van der Waals surface area contributed by atoms with E-state index in [1.165, 1.54) is 38.8 Å². The van der Waals surface area contributed by atoms with E-state index in [4.69, 9.17) is 4.74 Å². The molecule has 3 aromatic rings. The Morgan fingerprint density at radius 2 is 1.72 bits per heavy atom. The van der Waals surface area contributed by atoms with E-state index in [2.05, 4.69) is 39.6 Å². The maximum Gasteiger partial charge on any atom is 0.347 e.